The summed E-state index contributed by atoms with van der Waals surface area (Å²) >= 11 is 0. The van der Waals surface area contributed by atoms with Crippen LogP contribution in [0.15, 0.2) is 60.0 Å². The Balaban J connectivity index is 0.00000289. The van der Waals surface area contributed by atoms with E-state index in [1.807, 2.05) is 42.1 Å². The minimum absolute atomic E-state index is 0. The molecular formula is C24H31IN6O. The summed E-state index contributed by atoms with van der Waals surface area (Å²) in [4.78, 5) is 13.6. The number of aromatic nitrogens is 3. The van der Waals surface area contributed by atoms with Gasteiger partial charge in [0.05, 0.1) is 12.6 Å². The Hall–Kier alpha value is -2.62. The summed E-state index contributed by atoms with van der Waals surface area (Å²) in [5.74, 6) is 3.49. The van der Waals surface area contributed by atoms with Crippen LogP contribution >= 0.6 is 24.0 Å². The molecule has 0 spiro atoms. The minimum Gasteiger partial charge on any atom is -0.487 e. The summed E-state index contributed by atoms with van der Waals surface area (Å²) in [5.41, 5.74) is 1.97. The standard InChI is InChI=1S/C24H30N6O.HI/c1-5-25-23(29-20-14-24(3,4)31-21-9-7-6-8-19(20)21)28-16-18-10-11-22(27-15-18)30-13-12-26-17(30)2;/h6-13,15,20H,5,14,16H2,1-4H3,(H2,25,28,29);1H. The summed E-state index contributed by atoms with van der Waals surface area (Å²) in [5, 5.41) is 6.97. The van der Waals surface area contributed by atoms with E-state index in [0.29, 0.717) is 6.54 Å². The Labute approximate surface area is 206 Å². The van der Waals surface area contributed by atoms with Crippen LogP contribution in [0.25, 0.3) is 5.82 Å². The molecule has 1 atom stereocenters. The molecule has 170 valence electrons. The number of hydrogen-bond acceptors (Lipinski definition) is 4. The van der Waals surface area contributed by atoms with E-state index in [2.05, 4.69) is 59.6 Å². The number of nitrogens with one attached hydrogen (secondary N) is 2. The molecule has 8 heteroatoms. The third-order valence-corrected chi connectivity index (χ3v) is 5.33. The molecule has 2 N–H and O–H groups in total. The molecule has 7 nitrogen and oxygen atoms in total. The van der Waals surface area contributed by atoms with Crippen LogP contribution < -0.4 is 15.4 Å². The number of aryl methyl sites for hydroxylation is 1. The molecular weight excluding hydrogens is 515 g/mol. The van der Waals surface area contributed by atoms with Crippen molar-refractivity contribution in [2.75, 3.05) is 6.54 Å². The van der Waals surface area contributed by atoms with Crippen LogP contribution in [0, 0.1) is 6.92 Å². The normalized spacial score (nSPS) is 17.0. The highest BCUT2D eigenvalue weighted by molar-refractivity contribution is 14.0. The van der Waals surface area contributed by atoms with E-state index in [4.69, 9.17) is 9.73 Å². The number of nitrogens with zero attached hydrogens (tertiary/aromatic N) is 4. The molecule has 3 heterocycles. The van der Waals surface area contributed by atoms with Crippen molar-refractivity contribution in [1.29, 1.82) is 0 Å². The minimum atomic E-state index is -0.242. The van der Waals surface area contributed by atoms with Gasteiger partial charge in [-0.2, -0.15) is 0 Å². The Morgan fingerprint density at radius 1 is 1.22 bits per heavy atom. The Morgan fingerprint density at radius 3 is 2.72 bits per heavy atom. The van der Waals surface area contributed by atoms with E-state index in [1.165, 1.54) is 0 Å². The van der Waals surface area contributed by atoms with E-state index in [-0.39, 0.29) is 35.6 Å². The number of rotatable bonds is 5. The largest absolute Gasteiger partial charge is 0.487 e. The van der Waals surface area contributed by atoms with Crippen molar-refractivity contribution >= 4 is 29.9 Å². The molecule has 1 aromatic carbocycles. The predicted molar refractivity (Wildman–Crippen MR) is 138 cm³/mol. The second-order valence-electron chi connectivity index (χ2n) is 8.36. The van der Waals surface area contributed by atoms with Crippen LogP contribution in [0.2, 0.25) is 0 Å². The number of hydrogen-bond donors (Lipinski definition) is 2. The van der Waals surface area contributed by atoms with Gasteiger partial charge in [0.15, 0.2) is 5.96 Å². The molecule has 1 aliphatic rings. The smallest absolute Gasteiger partial charge is 0.192 e. The van der Waals surface area contributed by atoms with Crippen LogP contribution in [0.5, 0.6) is 5.75 Å². The van der Waals surface area contributed by atoms with Crippen molar-refractivity contribution in [3.05, 3.63) is 71.9 Å². The van der Waals surface area contributed by atoms with Gasteiger partial charge in [0.25, 0.3) is 0 Å². The van der Waals surface area contributed by atoms with Crippen LogP contribution in [-0.2, 0) is 6.54 Å². The van der Waals surface area contributed by atoms with Crippen molar-refractivity contribution in [3.8, 4) is 11.6 Å². The monoisotopic (exact) mass is 546 g/mol. The molecule has 0 fully saturated rings. The van der Waals surface area contributed by atoms with Gasteiger partial charge in [-0.25, -0.2) is 15.0 Å². The summed E-state index contributed by atoms with van der Waals surface area (Å²) in [6, 6.07) is 12.4. The number of ether oxygens (including phenoxy) is 1. The fourth-order valence-electron chi connectivity index (χ4n) is 3.86. The summed E-state index contributed by atoms with van der Waals surface area (Å²) in [7, 11) is 0. The van der Waals surface area contributed by atoms with Gasteiger partial charge in [-0.1, -0.05) is 24.3 Å². The zero-order valence-electron chi connectivity index (χ0n) is 19.0. The lowest BCUT2D eigenvalue weighted by Gasteiger charge is -2.38. The molecule has 0 radical (unpaired) electrons. The molecule has 0 bridgehead atoms. The number of para-hydroxylation sites is 1. The molecule has 32 heavy (non-hydrogen) atoms. The number of halogens is 1. The van der Waals surface area contributed by atoms with Crippen molar-refractivity contribution < 1.29 is 4.74 Å². The third-order valence-electron chi connectivity index (χ3n) is 5.33. The van der Waals surface area contributed by atoms with Crippen LogP contribution in [-0.4, -0.2) is 32.6 Å². The highest BCUT2D eigenvalue weighted by Crippen LogP contribution is 2.39. The molecule has 3 aromatic rings. The molecule has 0 amide bonds. The Morgan fingerprint density at radius 2 is 2.03 bits per heavy atom. The quantitative estimate of drug-likeness (QED) is 0.279. The highest BCUT2D eigenvalue weighted by atomic mass is 127. The lowest BCUT2D eigenvalue weighted by molar-refractivity contribution is 0.0694. The summed E-state index contributed by atoms with van der Waals surface area (Å²) < 4.78 is 8.12. The van der Waals surface area contributed by atoms with Crippen LogP contribution in [0.4, 0.5) is 0 Å². The van der Waals surface area contributed by atoms with Gasteiger partial charge in [0, 0.05) is 37.1 Å². The number of imidazole rings is 1. The fraction of sp³-hybridized carbons (Fsp3) is 0.375. The summed E-state index contributed by atoms with van der Waals surface area (Å²) in [6.45, 7) is 9.61. The Kier molecular flexibility index (Phi) is 7.76. The van der Waals surface area contributed by atoms with Gasteiger partial charge in [-0.3, -0.25) is 4.57 Å². The zero-order chi connectivity index (χ0) is 21.8. The second-order valence-corrected chi connectivity index (χ2v) is 8.36. The lowest BCUT2D eigenvalue weighted by atomic mass is 9.90. The molecule has 0 saturated heterocycles. The van der Waals surface area contributed by atoms with Crippen LogP contribution in [0.3, 0.4) is 0 Å². The van der Waals surface area contributed by atoms with Crippen molar-refractivity contribution in [2.45, 2.75) is 52.3 Å². The molecule has 1 aliphatic heterocycles. The number of benzene rings is 1. The SMILES string of the molecule is CCNC(=NCc1ccc(-n2ccnc2C)nc1)NC1CC(C)(C)Oc2ccccc21.I. The van der Waals surface area contributed by atoms with E-state index < -0.39 is 0 Å². The predicted octanol–water partition coefficient (Wildman–Crippen LogP) is 4.55. The molecule has 2 aromatic heterocycles. The molecule has 0 saturated carbocycles. The van der Waals surface area contributed by atoms with Gasteiger partial charge in [0.1, 0.15) is 23.0 Å². The van der Waals surface area contributed by atoms with E-state index in [1.54, 1.807) is 6.20 Å². The van der Waals surface area contributed by atoms with Crippen molar-refractivity contribution in [2.24, 2.45) is 4.99 Å². The van der Waals surface area contributed by atoms with E-state index in [0.717, 1.165) is 47.4 Å². The first kappa shape index (κ1) is 24.0. The first-order chi connectivity index (χ1) is 14.9. The fourth-order valence-corrected chi connectivity index (χ4v) is 3.86. The van der Waals surface area contributed by atoms with Gasteiger partial charge in [-0.15, -0.1) is 24.0 Å². The number of aliphatic imine (C=N–C) groups is 1. The number of guanidine groups is 1. The molecule has 0 aliphatic carbocycles. The second kappa shape index (κ2) is 10.3. The maximum Gasteiger partial charge on any atom is 0.192 e. The maximum absolute atomic E-state index is 6.16. The van der Waals surface area contributed by atoms with Gasteiger partial charge >= 0.3 is 0 Å². The van der Waals surface area contributed by atoms with Gasteiger partial charge in [0.2, 0.25) is 0 Å². The number of fused-ring (bicyclic) bond motifs is 1. The lowest BCUT2D eigenvalue weighted by Crippen LogP contribution is -2.45. The van der Waals surface area contributed by atoms with Gasteiger partial charge < -0.3 is 15.4 Å². The highest BCUT2D eigenvalue weighted by Gasteiger charge is 2.33. The van der Waals surface area contributed by atoms with Crippen molar-refractivity contribution in [3.63, 3.8) is 0 Å². The molecule has 1 unspecified atom stereocenters. The number of pyridine rings is 1. The average Bonchev–Trinajstić information content (AvgIpc) is 3.17. The zero-order valence-corrected chi connectivity index (χ0v) is 21.3. The first-order valence-electron chi connectivity index (χ1n) is 10.7. The van der Waals surface area contributed by atoms with Crippen molar-refractivity contribution in [1.82, 2.24) is 25.2 Å². The van der Waals surface area contributed by atoms with Gasteiger partial charge in [-0.05, 0) is 45.4 Å². The maximum atomic E-state index is 6.16. The molecule has 4 rings (SSSR count). The third kappa shape index (κ3) is 5.59. The Bertz CT molecular complexity index is 1060. The topological polar surface area (TPSA) is 76.4 Å². The first-order valence-corrected chi connectivity index (χ1v) is 10.7. The van der Waals surface area contributed by atoms with E-state index in [9.17, 15) is 0 Å². The summed E-state index contributed by atoms with van der Waals surface area (Å²) in [6.07, 6.45) is 6.42. The van der Waals surface area contributed by atoms with E-state index >= 15 is 0 Å². The van der Waals surface area contributed by atoms with Crippen LogP contribution in [0.1, 0.15) is 50.2 Å². The average molecular weight is 546 g/mol.